The van der Waals surface area contributed by atoms with Gasteiger partial charge in [0.15, 0.2) is 23.1 Å². The van der Waals surface area contributed by atoms with Gasteiger partial charge < -0.3 is 19.1 Å². The van der Waals surface area contributed by atoms with E-state index in [0.717, 1.165) is 42.9 Å². The Morgan fingerprint density at radius 2 is 2.04 bits per heavy atom. The van der Waals surface area contributed by atoms with Crippen LogP contribution in [-0.4, -0.2) is 69.2 Å². The number of hydrogen-bond donors (Lipinski definition) is 0. The van der Waals surface area contributed by atoms with Gasteiger partial charge in [-0.2, -0.15) is 0 Å². The third-order valence-corrected chi connectivity index (χ3v) is 4.54. The molecule has 1 atom stereocenters. The average molecular weight is 316 g/mol. The summed E-state index contributed by atoms with van der Waals surface area (Å²) in [6, 6.07) is 0. The van der Waals surface area contributed by atoms with E-state index in [0.29, 0.717) is 19.7 Å². The number of hydrogen-bond acceptors (Lipinski definition) is 6. The van der Waals surface area contributed by atoms with Crippen LogP contribution >= 0.6 is 0 Å². The molecule has 2 aromatic heterocycles. The van der Waals surface area contributed by atoms with Gasteiger partial charge in [-0.3, -0.25) is 4.79 Å². The molecule has 2 aliphatic heterocycles. The van der Waals surface area contributed by atoms with Gasteiger partial charge in [-0.05, 0) is 12.8 Å². The molecule has 4 rings (SSSR count). The summed E-state index contributed by atoms with van der Waals surface area (Å²) < 4.78 is 7.59. The Hall–Kier alpha value is -2.22. The molecule has 4 heterocycles. The molecule has 1 amide bonds. The highest BCUT2D eigenvalue weighted by Gasteiger charge is 2.32. The Balaban J connectivity index is 1.57. The number of aromatic nitrogens is 4. The van der Waals surface area contributed by atoms with E-state index < -0.39 is 6.10 Å². The van der Waals surface area contributed by atoms with Crippen molar-refractivity contribution in [1.29, 1.82) is 0 Å². The van der Waals surface area contributed by atoms with Gasteiger partial charge >= 0.3 is 0 Å². The number of nitrogens with zero attached hydrogens (tertiary/aromatic N) is 6. The number of anilines is 1. The summed E-state index contributed by atoms with van der Waals surface area (Å²) in [5.74, 6) is 0.872. The third-order valence-electron chi connectivity index (χ3n) is 4.54. The van der Waals surface area contributed by atoms with E-state index in [1.807, 2.05) is 16.5 Å². The molecule has 0 aliphatic carbocycles. The van der Waals surface area contributed by atoms with Crippen LogP contribution in [0.3, 0.4) is 0 Å². The van der Waals surface area contributed by atoms with Crippen molar-refractivity contribution in [1.82, 2.24) is 24.4 Å². The molecule has 122 valence electrons. The predicted octanol–water partition coefficient (Wildman–Crippen LogP) is 0.191. The molecule has 8 nitrogen and oxygen atoms in total. The quantitative estimate of drug-likeness (QED) is 0.787. The first-order chi connectivity index (χ1) is 11.2. The molecule has 2 aliphatic rings. The highest BCUT2D eigenvalue weighted by atomic mass is 16.5. The van der Waals surface area contributed by atoms with E-state index in [2.05, 4.69) is 19.9 Å². The van der Waals surface area contributed by atoms with Crippen LogP contribution < -0.4 is 4.90 Å². The Kier molecular flexibility index (Phi) is 3.60. The van der Waals surface area contributed by atoms with Gasteiger partial charge in [-0.15, -0.1) is 0 Å². The molecule has 2 aromatic rings. The molecule has 0 bridgehead atoms. The van der Waals surface area contributed by atoms with Crippen molar-refractivity contribution in [2.45, 2.75) is 18.9 Å². The second kappa shape index (κ2) is 5.77. The van der Waals surface area contributed by atoms with Crippen molar-refractivity contribution in [2.24, 2.45) is 7.05 Å². The van der Waals surface area contributed by atoms with Gasteiger partial charge in [0.2, 0.25) is 0 Å². The van der Waals surface area contributed by atoms with E-state index in [1.54, 1.807) is 12.7 Å². The van der Waals surface area contributed by atoms with Gasteiger partial charge in [0.25, 0.3) is 5.91 Å². The van der Waals surface area contributed by atoms with E-state index in [-0.39, 0.29) is 5.91 Å². The highest BCUT2D eigenvalue weighted by molar-refractivity contribution is 5.85. The Labute approximate surface area is 134 Å². The maximum atomic E-state index is 12.6. The number of carbonyl (C=O) groups excluding carboxylic acids is 1. The number of rotatable bonds is 2. The molecular weight excluding hydrogens is 296 g/mol. The zero-order valence-electron chi connectivity index (χ0n) is 13.2. The van der Waals surface area contributed by atoms with Crippen molar-refractivity contribution in [3.05, 3.63) is 12.7 Å². The fourth-order valence-electron chi connectivity index (χ4n) is 3.30. The lowest BCUT2D eigenvalue weighted by Crippen LogP contribution is -2.50. The van der Waals surface area contributed by atoms with Crippen LogP contribution in [0.2, 0.25) is 0 Å². The number of carbonyl (C=O) groups is 1. The second-order valence-electron chi connectivity index (χ2n) is 6.06. The fourth-order valence-corrected chi connectivity index (χ4v) is 3.30. The summed E-state index contributed by atoms with van der Waals surface area (Å²) >= 11 is 0. The van der Waals surface area contributed by atoms with Crippen molar-refractivity contribution in [2.75, 3.05) is 37.7 Å². The molecule has 23 heavy (non-hydrogen) atoms. The SMILES string of the molecule is Cn1cnc2c(N3CCOC(C(=O)N4CCCC4)C3)ncnc21. The molecule has 1 unspecified atom stereocenters. The minimum Gasteiger partial charge on any atom is -0.365 e. The third kappa shape index (κ3) is 2.52. The zero-order valence-corrected chi connectivity index (χ0v) is 13.2. The van der Waals surface area contributed by atoms with Crippen molar-refractivity contribution in [3.8, 4) is 0 Å². The summed E-state index contributed by atoms with van der Waals surface area (Å²) in [5.41, 5.74) is 1.56. The Morgan fingerprint density at radius 1 is 1.22 bits per heavy atom. The number of fused-ring (bicyclic) bond motifs is 1. The van der Waals surface area contributed by atoms with Gasteiger partial charge in [-0.25, -0.2) is 15.0 Å². The minimum atomic E-state index is -0.421. The van der Waals surface area contributed by atoms with Crippen molar-refractivity contribution < 1.29 is 9.53 Å². The number of aryl methyl sites for hydroxylation is 1. The summed E-state index contributed by atoms with van der Waals surface area (Å²) in [6.07, 6.45) is 5.03. The van der Waals surface area contributed by atoms with Crippen LogP contribution in [0.4, 0.5) is 5.82 Å². The smallest absolute Gasteiger partial charge is 0.253 e. The van der Waals surface area contributed by atoms with Crippen LogP contribution in [0.15, 0.2) is 12.7 Å². The fraction of sp³-hybridized carbons (Fsp3) is 0.600. The highest BCUT2D eigenvalue weighted by Crippen LogP contribution is 2.23. The standard InChI is InChI=1S/C15H20N6O2/c1-19-10-18-12-13(19)16-9-17-14(12)21-6-7-23-11(8-21)15(22)20-4-2-3-5-20/h9-11H,2-8H2,1H3. The van der Waals surface area contributed by atoms with Crippen LogP contribution in [0.5, 0.6) is 0 Å². The molecule has 2 fully saturated rings. The second-order valence-corrected chi connectivity index (χ2v) is 6.06. The number of amides is 1. The van der Waals surface area contributed by atoms with Crippen LogP contribution in [-0.2, 0) is 16.6 Å². The maximum Gasteiger partial charge on any atom is 0.253 e. The first-order valence-electron chi connectivity index (χ1n) is 8.01. The molecule has 8 heteroatoms. The molecule has 0 spiro atoms. The first kappa shape index (κ1) is 14.4. The molecule has 0 radical (unpaired) electrons. The van der Waals surface area contributed by atoms with Gasteiger partial charge in [-0.1, -0.05) is 0 Å². The largest absolute Gasteiger partial charge is 0.365 e. The minimum absolute atomic E-state index is 0.0959. The molecule has 0 N–H and O–H groups in total. The molecule has 0 saturated carbocycles. The van der Waals surface area contributed by atoms with Crippen molar-refractivity contribution in [3.63, 3.8) is 0 Å². The summed E-state index contributed by atoms with van der Waals surface area (Å²) in [5, 5.41) is 0. The molecular formula is C15H20N6O2. The summed E-state index contributed by atoms with van der Waals surface area (Å²) in [6.45, 7) is 3.42. The number of likely N-dealkylation sites (tertiary alicyclic amines) is 1. The van der Waals surface area contributed by atoms with Crippen LogP contribution in [0, 0.1) is 0 Å². The number of morpholine rings is 1. The number of imidazole rings is 1. The van der Waals surface area contributed by atoms with E-state index in [4.69, 9.17) is 4.74 Å². The lowest BCUT2D eigenvalue weighted by Gasteiger charge is -2.34. The predicted molar refractivity (Wildman–Crippen MR) is 84.1 cm³/mol. The zero-order chi connectivity index (χ0) is 15.8. The Morgan fingerprint density at radius 3 is 2.87 bits per heavy atom. The summed E-state index contributed by atoms with van der Waals surface area (Å²) in [4.78, 5) is 29.6. The number of ether oxygens (including phenoxy) is 1. The molecule has 2 saturated heterocycles. The summed E-state index contributed by atoms with van der Waals surface area (Å²) in [7, 11) is 1.91. The van der Waals surface area contributed by atoms with Crippen LogP contribution in [0.1, 0.15) is 12.8 Å². The monoisotopic (exact) mass is 316 g/mol. The molecule has 0 aromatic carbocycles. The van der Waals surface area contributed by atoms with E-state index >= 15 is 0 Å². The Bertz CT molecular complexity index is 724. The normalized spacial score (nSPS) is 22.0. The average Bonchev–Trinajstić information content (AvgIpc) is 3.25. The lowest BCUT2D eigenvalue weighted by atomic mass is 10.2. The van der Waals surface area contributed by atoms with Crippen molar-refractivity contribution >= 4 is 22.9 Å². The van der Waals surface area contributed by atoms with Gasteiger partial charge in [0.05, 0.1) is 19.5 Å². The van der Waals surface area contributed by atoms with E-state index in [1.165, 1.54) is 0 Å². The van der Waals surface area contributed by atoms with Gasteiger partial charge in [0.1, 0.15) is 6.33 Å². The maximum absolute atomic E-state index is 12.6. The first-order valence-corrected chi connectivity index (χ1v) is 8.01. The topological polar surface area (TPSA) is 76.4 Å². The van der Waals surface area contributed by atoms with E-state index in [9.17, 15) is 4.79 Å². The van der Waals surface area contributed by atoms with Gasteiger partial charge in [0, 0.05) is 26.7 Å². The van der Waals surface area contributed by atoms with Crippen LogP contribution in [0.25, 0.3) is 11.2 Å². The lowest BCUT2D eigenvalue weighted by molar-refractivity contribution is -0.143.